The van der Waals surface area contributed by atoms with Crippen molar-refractivity contribution < 1.29 is 9.90 Å². The Hall–Kier alpha value is -0.570. The predicted molar refractivity (Wildman–Crippen MR) is 35.4 cm³/mol. The molecule has 1 N–H and O–H groups in total. The third kappa shape index (κ3) is 0.736. The van der Waals surface area contributed by atoms with Crippen molar-refractivity contribution in [1.82, 2.24) is 4.90 Å². The van der Waals surface area contributed by atoms with Gasteiger partial charge in [-0.1, -0.05) is 0 Å². The molecule has 0 saturated carbocycles. The van der Waals surface area contributed by atoms with Gasteiger partial charge in [0.15, 0.2) is 0 Å². The second kappa shape index (κ2) is 1.95. The minimum absolute atomic E-state index is 0.224. The quantitative estimate of drug-likeness (QED) is 0.505. The van der Waals surface area contributed by atoms with Crippen LogP contribution in [-0.2, 0) is 4.79 Å². The Morgan fingerprint density at radius 1 is 1.60 bits per heavy atom. The molecule has 0 aromatic heterocycles. The summed E-state index contributed by atoms with van der Waals surface area (Å²) < 4.78 is 0. The molecule has 0 bridgehead atoms. The number of aliphatic hydroxyl groups excluding tert-OH is 1. The maximum absolute atomic E-state index is 11.0. The van der Waals surface area contributed by atoms with Crippen LogP contribution < -0.4 is 0 Å². The van der Waals surface area contributed by atoms with Gasteiger partial charge in [0.25, 0.3) is 0 Å². The van der Waals surface area contributed by atoms with Crippen LogP contribution in [0.15, 0.2) is 0 Å². The number of carbonyl (C=O) groups excluding carboxylic acids is 1. The summed E-state index contributed by atoms with van der Waals surface area (Å²) in [6.45, 7) is 0.573. The van der Waals surface area contributed by atoms with Crippen LogP contribution in [0, 0.1) is 0 Å². The van der Waals surface area contributed by atoms with Gasteiger partial charge >= 0.3 is 0 Å². The normalized spacial score (nSPS) is 38.9. The number of fused-ring (bicyclic) bond motifs is 1. The molecule has 2 atom stereocenters. The second-order valence-electron chi connectivity index (χ2n) is 3.13. The molecule has 0 radical (unpaired) electrons. The van der Waals surface area contributed by atoms with E-state index < -0.39 is 0 Å². The Bertz CT molecular complexity index is 169. The minimum Gasteiger partial charge on any atom is -0.391 e. The van der Waals surface area contributed by atoms with Crippen molar-refractivity contribution in [3.8, 4) is 0 Å². The highest BCUT2D eigenvalue weighted by Gasteiger charge is 2.38. The van der Waals surface area contributed by atoms with E-state index in [1.54, 1.807) is 0 Å². The highest BCUT2D eigenvalue weighted by Crippen LogP contribution is 2.28. The lowest BCUT2D eigenvalue weighted by molar-refractivity contribution is -0.128. The van der Waals surface area contributed by atoms with Crippen LogP contribution in [0.3, 0.4) is 0 Å². The van der Waals surface area contributed by atoms with E-state index in [1.165, 1.54) is 0 Å². The van der Waals surface area contributed by atoms with Crippen molar-refractivity contribution in [3.05, 3.63) is 0 Å². The first-order valence-corrected chi connectivity index (χ1v) is 3.75. The van der Waals surface area contributed by atoms with Gasteiger partial charge in [-0.2, -0.15) is 0 Å². The first-order valence-electron chi connectivity index (χ1n) is 3.75. The molecule has 0 aromatic carbocycles. The number of aliphatic hydroxyl groups is 1. The SMILES string of the molecule is O=C1CC[C@@H]2C[C@@H](O)CN12. The van der Waals surface area contributed by atoms with Crippen LogP contribution >= 0.6 is 0 Å². The topological polar surface area (TPSA) is 40.5 Å². The molecule has 3 heteroatoms. The molecule has 10 heavy (non-hydrogen) atoms. The Morgan fingerprint density at radius 3 is 3.10 bits per heavy atom. The maximum atomic E-state index is 11.0. The molecule has 2 fully saturated rings. The molecule has 0 aromatic rings. The molecular formula is C7H11NO2. The van der Waals surface area contributed by atoms with Gasteiger partial charge in [0.1, 0.15) is 0 Å². The number of nitrogens with zero attached hydrogens (tertiary/aromatic N) is 1. The van der Waals surface area contributed by atoms with E-state index >= 15 is 0 Å². The van der Waals surface area contributed by atoms with Crippen molar-refractivity contribution in [3.63, 3.8) is 0 Å². The van der Waals surface area contributed by atoms with E-state index in [-0.39, 0.29) is 12.0 Å². The van der Waals surface area contributed by atoms with E-state index in [2.05, 4.69) is 0 Å². The Morgan fingerprint density at radius 2 is 2.40 bits per heavy atom. The van der Waals surface area contributed by atoms with E-state index in [9.17, 15) is 4.79 Å². The van der Waals surface area contributed by atoms with Crippen molar-refractivity contribution in [2.24, 2.45) is 0 Å². The van der Waals surface area contributed by atoms with E-state index in [1.807, 2.05) is 4.90 Å². The van der Waals surface area contributed by atoms with Gasteiger partial charge in [0, 0.05) is 19.0 Å². The highest BCUT2D eigenvalue weighted by atomic mass is 16.3. The number of rotatable bonds is 0. The molecule has 0 unspecified atom stereocenters. The summed E-state index contributed by atoms with van der Waals surface area (Å²) in [4.78, 5) is 12.8. The first kappa shape index (κ1) is 6.16. The number of amides is 1. The summed E-state index contributed by atoms with van der Waals surface area (Å²) in [6, 6.07) is 0.363. The van der Waals surface area contributed by atoms with Gasteiger partial charge < -0.3 is 10.0 Å². The molecule has 0 spiro atoms. The monoisotopic (exact) mass is 141 g/mol. The van der Waals surface area contributed by atoms with Crippen molar-refractivity contribution in [1.29, 1.82) is 0 Å². The third-order valence-electron chi connectivity index (χ3n) is 2.40. The standard InChI is InChI=1S/C7H11NO2/c9-6-3-5-1-2-7(10)8(5)4-6/h5-6,9H,1-4H2/t5-,6-/m1/s1. The zero-order valence-electron chi connectivity index (χ0n) is 5.79. The third-order valence-corrected chi connectivity index (χ3v) is 2.40. The molecule has 2 rings (SSSR count). The largest absolute Gasteiger partial charge is 0.391 e. The van der Waals surface area contributed by atoms with Gasteiger partial charge in [0.05, 0.1) is 6.10 Å². The summed E-state index contributed by atoms with van der Waals surface area (Å²) in [5, 5.41) is 9.16. The molecule has 0 aliphatic carbocycles. The average Bonchev–Trinajstić information content (AvgIpc) is 2.35. The van der Waals surface area contributed by atoms with Crippen LogP contribution in [-0.4, -0.2) is 34.6 Å². The Balaban J connectivity index is 2.12. The summed E-state index contributed by atoms with van der Waals surface area (Å²) in [5.74, 6) is 0.224. The molecule has 56 valence electrons. The van der Waals surface area contributed by atoms with E-state index in [4.69, 9.17) is 5.11 Å². The highest BCUT2D eigenvalue weighted by molar-refractivity contribution is 5.79. The molecule has 2 heterocycles. The maximum Gasteiger partial charge on any atom is 0.222 e. The van der Waals surface area contributed by atoms with Crippen molar-refractivity contribution in [2.75, 3.05) is 6.54 Å². The minimum atomic E-state index is -0.255. The van der Waals surface area contributed by atoms with Crippen LogP contribution in [0.25, 0.3) is 0 Å². The predicted octanol–water partition coefficient (Wildman–Crippen LogP) is -0.258. The lowest BCUT2D eigenvalue weighted by Crippen LogP contribution is -2.27. The lowest BCUT2D eigenvalue weighted by atomic mass is 10.1. The first-order chi connectivity index (χ1) is 4.77. The second-order valence-corrected chi connectivity index (χ2v) is 3.13. The van der Waals surface area contributed by atoms with Gasteiger partial charge in [0.2, 0.25) is 5.91 Å². The van der Waals surface area contributed by atoms with E-state index in [0.29, 0.717) is 19.0 Å². The zero-order valence-corrected chi connectivity index (χ0v) is 5.79. The van der Waals surface area contributed by atoms with Gasteiger partial charge in [-0.15, -0.1) is 0 Å². The van der Waals surface area contributed by atoms with Crippen LogP contribution in [0.1, 0.15) is 19.3 Å². The molecule has 2 aliphatic rings. The fourth-order valence-corrected chi connectivity index (χ4v) is 1.90. The summed E-state index contributed by atoms with van der Waals surface area (Å²) >= 11 is 0. The fourth-order valence-electron chi connectivity index (χ4n) is 1.90. The Kier molecular flexibility index (Phi) is 1.20. The van der Waals surface area contributed by atoms with Crippen LogP contribution in [0.5, 0.6) is 0 Å². The van der Waals surface area contributed by atoms with Crippen LogP contribution in [0.2, 0.25) is 0 Å². The zero-order chi connectivity index (χ0) is 7.14. The Labute approximate surface area is 59.6 Å². The van der Waals surface area contributed by atoms with Gasteiger partial charge in [-0.3, -0.25) is 4.79 Å². The number of hydrogen-bond donors (Lipinski definition) is 1. The smallest absolute Gasteiger partial charge is 0.222 e. The van der Waals surface area contributed by atoms with E-state index in [0.717, 1.165) is 12.8 Å². The average molecular weight is 141 g/mol. The van der Waals surface area contributed by atoms with Gasteiger partial charge in [-0.05, 0) is 12.8 Å². The van der Waals surface area contributed by atoms with Gasteiger partial charge in [-0.25, -0.2) is 0 Å². The number of carbonyl (C=O) groups is 1. The lowest BCUT2D eigenvalue weighted by Gasteiger charge is -2.13. The number of hydrogen-bond acceptors (Lipinski definition) is 2. The molecule has 2 aliphatic heterocycles. The summed E-state index contributed by atoms with van der Waals surface area (Å²) in [7, 11) is 0. The van der Waals surface area contributed by atoms with Crippen molar-refractivity contribution >= 4 is 5.91 Å². The summed E-state index contributed by atoms with van der Waals surface area (Å²) in [5.41, 5.74) is 0. The van der Waals surface area contributed by atoms with Crippen molar-refractivity contribution in [2.45, 2.75) is 31.4 Å². The fraction of sp³-hybridized carbons (Fsp3) is 0.857. The molecule has 2 saturated heterocycles. The molecule has 1 amide bonds. The van der Waals surface area contributed by atoms with Crippen LogP contribution in [0.4, 0.5) is 0 Å². The molecular weight excluding hydrogens is 130 g/mol. The molecule has 3 nitrogen and oxygen atoms in total. The summed E-state index contributed by atoms with van der Waals surface area (Å²) in [6.07, 6.45) is 2.19.